The maximum Gasteiger partial charge on any atom is 0.260 e. The topological polar surface area (TPSA) is 49.9 Å². The van der Waals surface area contributed by atoms with Gasteiger partial charge in [0.2, 0.25) is 0 Å². The van der Waals surface area contributed by atoms with E-state index in [1.54, 1.807) is 4.90 Å². The van der Waals surface area contributed by atoms with Crippen molar-refractivity contribution >= 4 is 11.8 Å². The maximum atomic E-state index is 12.7. The molecule has 5 nitrogen and oxygen atoms in total. The average Bonchev–Trinajstić information content (AvgIpc) is 2.71. The normalized spacial score (nSPS) is 14.6. The highest BCUT2D eigenvalue weighted by Crippen LogP contribution is 2.32. The number of amides is 2. The van der Waals surface area contributed by atoms with Crippen molar-refractivity contribution < 1.29 is 14.3 Å². The summed E-state index contributed by atoms with van der Waals surface area (Å²) in [5.41, 5.74) is 3.98. The zero-order chi connectivity index (χ0) is 21.9. The molecule has 2 aromatic rings. The molecule has 0 aliphatic carbocycles. The summed E-state index contributed by atoms with van der Waals surface area (Å²) < 4.78 is 5.92. The lowest BCUT2D eigenvalue weighted by atomic mass is 9.85. The van der Waals surface area contributed by atoms with E-state index < -0.39 is 0 Å². The van der Waals surface area contributed by atoms with E-state index in [1.165, 1.54) is 5.56 Å². The molecule has 5 heteroatoms. The standard InChI is InChI=1S/C25H32N2O3/c1-18-7-6-8-20(15-18)24(29)27-13-11-26(12-14-27)23(28)17-30-22-10-9-19(2)16-21(22)25(3,4)5/h6-10,15-16H,11-14,17H2,1-5H3. The summed E-state index contributed by atoms with van der Waals surface area (Å²) in [5.74, 6) is 0.740. The fourth-order valence-electron chi connectivity index (χ4n) is 3.71. The molecule has 2 amide bonds. The number of hydrogen-bond acceptors (Lipinski definition) is 3. The summed E-state index contributed by atoms with van der Waals surface area (Å²) in [6.07, 6.45) is 0. The molecule has 0 atom stereocenters. The molecule has 1 aliphatic heterocycles. The predicted octanol–water partition coefficient (Wildman–Crippen LogP) is 3.96. The Balaban J connectivity index is 1.56. The van der Waals surface area contributed by atoms with Gasteiger partial charge >= 0.3 is 0 Å². The minimum atomic E-state index is -0.0633. The number of ether oxygens (including phenoxy) is 1. The first-order chi connectivity index (χ1) is 14.1. The van der Waals surface area contributed by atoms with Crippen LogP contribution in [0.1, 0.15) is 47.8 Å². The number of carbonyl (C=O) groups excluding carboxylic acids is 2. The first-order valence-electron chi connectivity index (χ1n) is 10.5. The zero-order valence-electron chi connectivity index (χ0n) is 18.7. The third-order valence-corrected chi connectivity index (χ3v) is 5.48. The van der Waals surface area contributed by atoms with Gasteiger partial charge in [0.15, 0.2) is 6.61 Å². The van der Waals surface area contributed by atoms with Crippen molar-refractivity contribution in [3.05, 3.63) is 64.7 Å². The molecular weight excluding hydrogens is 376 g/mol. The van der Waals surface area contributed by atoms with Crippen molar-refractivity contribution in [2.75, 3.05) is 32.8 Å². The molecule has 0 spiro atoms. The number of nitrogens with zero attached hydrogens (tertiary/aromatic N) is 2. The third-order valence-electron chi connectivity index (χ3n) is 5.48. The van der Waals surface area contributed by atoms with Gasteiger partial charge in [0.05, 0.1) is 0 Å². The van der Waals surface area contributed by atoms with Gasteiger partial charge < -0.3 is 14.5 Å². The molecule has 1 saturated heterocycles. The van der Waals surface area contributed by atoms with E-state index in [-0.39, 0.29) is 23.8 Å². The molecule has 0 radical (unpaired) electrons. The van der Waals surface area contributed by atoms with Gasteiger partial charge in [-0.25, -0.2) is 0 Å². The van der Waals surface area contributed by atoms with Crippen molar-refractivity contribution in [2.24, 2.45) is 0 Å². The van der Waals surface area contributed by atoms with Gasteiger partial charge in [0.1, 0.15) is 5.75 Å². The van der Waals surface area contributed by atoms with Crippen LogP contribution in [0, 0.1) is 13.8 Å². The summed E-state index contributed by atoms with van der Waals surface area (Å²) >= 11 is 0. The molecule has 1 aliphatic rings. The van der Waals surface area contributed by atoms with Crippen LogP contribution in [0.15, 0.2) is 42.5 Å². The molecule has 0 saturated carbocycles. The molecule has 0 unspecified atom stereocenters. The smallest absolute Gasteiger partial charge is 0.260 e. The van der Waals surface area contributed by atoms with Gasteiger partial charge in [-0.2, -0.15) is 0 Å². The van der Waals surface area contributed by atoms with E-state index in [1.807, 2.05) is 48.2 Å². The van der Waals surface area contributed by atoms with Gasteiger partial charge in [0, 0.05) is 31.7 Å². The van der Waals surface area contributed by atoms with Crippen molar-refractivity contribution in [3.8, 4) is 5.75 Å². The monoisotopic (exact) mass is 408 g/mol. The molecule has 1 fully saturated rings. The van der Waals surface area contributed by atoms with E-state index >= 15 is 0 Å². The summed E-state index contributed by atoms with van der Waals surface area (Å²) in [6.45, 7) is 12.6. The molecule has 0 aromatic heterocycles. The van der Waals surface area contributed by atoms with Crippen LogP contribution >= 0.6 is 0 Å². The predicted molar refractivity (Wildman–Crippen MR) is 119 cm³/mol. The van der Waals surface area contributed by atoms with Crippen molar-refractivity contribution in [1.29, 1.82) is 0 Å². The highest BCUT2D eigenvalue weighted by atomic mass is 16.5. The Morgan fingerprint density at radius 3 is 2.17 bits per heavy atom. The molecule has 160 valence electrons. The van der Waals surface area contributed by atoms with Crippen LogP contribution in [-0.4, -0.2) is 54.4 Å². The van der Waals surface area contributed by atoms with Gasteiger partial charge in [-0.15, -0.1) is 0 Å². The SMILES string of the molecule is Cc1cccc(C(=O)N2CCN(C(=O)COc3ccc(C)cc3C(C)(C)C)CC2)c1. The van der Waals surface area contributed by atoms with Gasteiger partial charge in [0.25, 0.3) is 11.8 Å². The highest BCUT2D eigenvalue weighted by Gasteiger charge is 2.26. The van der Waals surface area contributed by atoms with Crippen LogP contribution < -0.4 is 4.74 Å². The molecule has 30 heavy (non-hydrogen) atoms. The minimum Gasteiger partial charge on any atom is -0.483 e. The molecule has 0 N–H and O–H groups in total. The Bertz CT molecular complexity index is 922. The Morgan fingerprint density at radius 1 is 0.900 bits per heavy atom. The summed E-state index contributed by atoms with van der Waals surface area (Å²) in [6, 6.07) is 13.7. The first-order valence-corrected chi connectivity index (χ1v) is 10.5. The lowest BCUT2D eigenvalue weighted by Crippen LogP contribution is -2.51. The fourth-order valence-corrected chi connectivity index (χ4v) is 3.71. The minimum absolute atomic E-state index is 0.0119. The number of aryl methyl sites for hydroxylation is 2. The Labute approximate surface area is 179 Å². The van der Waals surface area contributed by atoms with Gasteiger partial charge in [-0.3, -0.25) is 9.59 Å². The van der Waals surface area contributed by atoms with E-state index in [0.717, 1.165) is 16.9 Å². The quantitative estimate of drug-likeness (QED) is 0.769. The second-order valence-electron chi connectivity index (χ2n) is 9.08. The van der Waals surface area contributed by atoms with Crippen LogP contribution in [0.3, 0.4) is 0 Å². The van der Waals surface area contributed by atoms with Crippen LogP contribution in [0.25, 0.3) is 0 Å². The lowest BCUT2D eigenvalue weighted by molar-refractivity contribution is -0.134. The third kappa shape index (κ3) is 5.21. The number of hydrogen-bond donors (Lipinski definition) is 0. The molecule has 3 rings (SSSR count). The lowest BCUT2D eigenvalue weighted by Gasteiger charge is -2.35. The maximum absolute atomic E-state index is 12.7. The van der Waals surface area contributed by atoms with Crippen molar-refractivity contribution in [2.45, 2.75) is 40.0 Å². The van der Waals surface area contributed by atoms with E-state index in [9.17, 15) is 9.59 Å². The van der Waals surface area contributed by atoms with Crippen molar-refractivity contribution in [3.63, 3.8) is 0 Å². The average molecular weight is 409 g/mol. The second kappa shape index (κ2) is 8.90. The molecular formula is C25H32N2O3. The molecule has 2 aromatic carbocycles. The highest BCUT2D eigenvalue weighted by molar-refractivity contribution is 5.94. The second-order valence-corrected chi connectivity index (χ2v) is 9.08. The fraction of sp³-hybridized carbons (Fsp3) is 0.440. The zero-order valence-corrected chi connectivity index (χ0v) is 18.7. The van der Waals surface area contributed by atoms with Crippen molar-refractivity contribution in [1.82, 2.24) is 9.80 Å². The van der Waals surface area contributed by atoms with Crippen LogP contribution in [0.4, 0.5) is 0 Å². The van der Waals surface area contributed by atoms with Crippen LogP contribution in [0.5, 0.6) is 5.75 Å². The molecule has 0 bridgehead atoms. The first kappa shape index (κ1) is 21.9. The number of carbonyl (C=O) groups is 2. The summed E-state index contributed by atoms with van der Waals surface area (Å²) in [7, 11) is 0. The van der Waals surface area contributed by atoms with E-state index in [0.29, 0.717) is 31.7 Å². The molecule has 1 heterocycles. The Kier molecular flexibility index (Phi) is 6.49. The van der Waals surface area contributed by atoms with Gasteiger partial charge in [-0.1, -0.05) is 56.2 Å². The van der Waals surface area contributed by atoms with Crippen LogP contribution in [0.2, 0.25) is 0 Å². The number of benzene rings is 2. The largest absolute Gasteiger partial charge is 0.483 e. The Morgan fingerprint density at radius 2 is 1.53 bits per heavy atom. The summed E-state index contributed by atoms with van der Waals surface area (Å²) in [5, 5.41) is 0. The number of rotatable bonds is 4. The summed E-state index contributed by atoms with van der Waals surface area (Å²) in [4.78, 5) is 29.0. The number of piperazine rings is 1. The van der Waals surface area contributed by atoms with Crippen LogP contribution in [-0.2, 0) is 10.2 Å². The Hall–Kier alpha value is -2.82. The van der Waals surface area contributed by atoms with Gasteiger partial charge in [-0.05, 0) is 43.0 Å². The van der Waals surface area contributed by atoms with E-state index in [4.69, 9.17) is 4.74 Å². The van der Waals surface area contributed by atoms with E-state index in [2.05, 4.69) is 33.8 Å².